The van der Waals surface area contributed by atoms with E-state index >= 15 is 0 Å². The van der Waals surface area contributed by atoms with Gasteiger partial charge in [0.2, 0.25) is 0 Å². The molecule has 0 atom stereocenters. The van der Waals surface area contributed by atoms with Crippen molar-refractivity contribution in [1.82, 2.24) is 0 Å². The van der Waals surface area contributed by atoms with E-state index < -0.39 is 0 Å². The molecular weight excluding hydrogens is 318 g/mol. The number of anilines is 1. The van der Waals surface area contributed by atoms with Gasteiger partial charge in [-0.05, 0) is 55.7 Å². The topological polar surface area (TPSA) is 64.6 Å². The first-order valence-electron chi connectivity index (χ1n) is 8.13. The van der Waals surface area contributed by atoms with Gasteiger partial charge in [-0.3, -0.25) is 4.79 Å². The quantitative estimate of drug-likeness (QED) is 0.797. The summed E-state index contributed by atoms with van der Waals surface area (Å²) in [6, 6.07) is 13.0. The second-order valence-corrected chi connectivity index (χ2v) is 5.89. The van der Waals surface area contributed by atoms with E-state index in [0.29, 0.717) is 30.0 Å². The molecular formula is C20H23NO4. The minimum absolute atomic E-state index is 0.0934. The molecule has 5 heteroatoms. The van der Waals surface area contributed by atoms with Gasteiger partial charge in [0.1, 0.15) is 17.3 Å². The van der Waals surface area contributed by atoms with Crippen LogP contribution in [-0.2, 0) is 16.0 Å². The molecule has 0 aliphatic carbocycles. The largest absolute Gasteiger partial charge is 0.495 e. The Labute approximate surface area is 148 Å². The van der Waals surface area contributed by atoms with Crippen LogP contribution in [0.1, 0.15) is 24.5 Å². The van der Waals surface area contributed by atoms with E-state index in [4.69, 9.17) is 9.47 Å². The third kappa shape index (κ3) is 5.95. The molecule has 0 saturated heterocycles. The van der Waals surface area contributed by atoms with E-state index in [9.17, 15) is 9.59 Å². The second-order valence-electron chi connectivity index (χ2n) is 5.89. The fraction of sp³-hybridized carbons (Fsp3) is 0.300. The Morgan fingerprint density at radius 1 is 1.08 bits per heavy atom. The maximum absolute atomic E-state index is 12.1. The Balaban J connectivity index is 1.87. The van der Waals surface area contributed by atoms with Gasteiger partial charge < -0.3 is 19.6 Å². The Morgan fingerprint density at radius 3 is 2.44 bits per heavy atom. The van der Waals surface area contributed by atoms with E-state index in [2.05, 4.69) is 5.32 Å². The summed E-state index contributed by atoms with van der Waals surface area (Å²) >= 11 is 0. The zero-order valence-electron chi connectivity index (χ0n) is 14.8. The van der Waals surface area contributed by atoms with Gasteiger partial charge in [-0.25, -0.2) is 0 Å². The molecule has 25 heavy (non-hydrogen) atoms. The molecule has 5 nitrogen and oxygen atoms in total. The average molecular weight is 341 g/mol. The number of nitrogens with one attached hydrogen (secondary N) is 1. The summed E-state index contributed by atoms with van der Waals surface area (Å²) in [5.41, 5.74) is 2.71. The van der Waals surface area contributed by atoms with E-state index in [1.807, 2.05) is 37.3 Å². The standard InChI is InChI=1S/C20H23NO4/c1-14-4-11-19(24-3)18(12-14)21-20(23)13-25-17-9-7-16(8-10-17)6-5-15(2)22/h4,7-12H,5-6,13H2,1-3H3,(H,21,23). The molecule has 0 unspecified atom stereocenters. The van der Waals surface area contributed by atoms with Crippen molar-refractivity contribution in [2.24, 2.45) is 0 Å². The number of rotatable bonds is 8. The summed E-state index contributed by atoms with van der Waals surface area (Å²) in [5.74, 6) is 1.12. The summed E-state index contributed by atoms with van der Waals surface area (Å²) in [6.07, 6.45) is 1.24. The molecule has 2 aromatic carbocycles. The van der Waals surface area contributed by atoms with Gasteiger partial charge in [0.15, 0.2) is 6.61 Å². The Kier molecular flexibility index (Phi) is 6.57. The lowest BCUT2D eigenvalue weighted by molar-refractivity contribution is -0.118. The molecule has 0 saturated carbocycles. The van der Waals surface area contributed by atoms with E-state index in [0.717, 1.165) is 11.1 Å². The third-order valence-corrected chi connectivity index (χ3v) is 3.69. The number of benzene rings is 2. The second kappa shape index (κ2) is 8.87. The van der Waals surface area contributed by atoms with Crippen molar-refractivity contribution >= 4 is 17.4 Å². The van der Waals surface area contributed by atoms with Crippen LogP contribution >= 0.6 is 0 Å². The predicted octanol–water partition coefficient (Wildman–Crippen LogP) is 3.54. The maximum Gasteiger partial charge on any atom is 0.262 e. The lowest BCUT2D eigenvalue weighted by Crippen LogP contribution is -2.20. The first-order valence-corrected chi connectivity index (χ1v) is 8.13. The van der Waals surface area contributed by atoms with Crippen LogP contribution in [0.15, 0.2) is 42.5 Å². The van der Waals surface area contributed by atoms with Crippen molar-refractivity contribution in [3.8, 4) is 11.5 Å². The summed E-state index contributed by atoms with van der Waals surface area (Å²) in [5, 5.41) is 2.79. The van der Waals surface area contributed by atoms with Crippen LogP contribution in [-0.4, -0.2) is 25.4 Å². The van der Waals surface area contributed by atoms with Crippen LogP contribution in [0.5, 0.6) is 11.5 Å². The van der Waals surface area contributed by atoms with Gasteiger partial charge in [-0.1, -0.05) is 18.2 Å². The number of aryl methyl sites for hydroxylation is 2. The average Bonchev–Trinajstić information content (AvgIpc) is 2.59. The smallest absolute Gasteiger partial charge is 0.262 e. The Bertz CT molecular complexity index is 738. The molecule has 0 bridgehead atoms. The van der Waals surface area contributed by atoms with E-state index in [1.54, 1.807) is 26.2 Å². The number of carbonyl (C=O) groups is 2. The minimum atomic E-state index is -0.260. The molecule has 0 radical (unpaired) electrons. The summed E-state index contributed by atoms with van der Waals surface area (Å²) < 4.78 is 10.7. The zero-order chi connectivity index (χ0) is 18.2. The fourth-order valence-corrected chi connectivity index (χ4v) is 2.33. The number of hydrogen-bond donors (Lipinski definition) is 1. The summed E-state index contributed by atoms with van der Waals surface area (Å²) in [4.78, 5) is 23.1. The maximum atomic E-state index is 12.1. The van der Waals surface area contributed by atoms with Gasteiger partial charge in [-0.15, -0.1) is 0 Å². The Hall–Kier alpha value is -2.82. The molecule has 2 rings (SSSR count). The number of ketones is 1. The highest BCUT2D eigenvalue weighted by Gasteiger charge is 2.09. The number of hydrogen-bond acceptors (Lipinski definition) is 4. The zero-order valence-corrected chi connectivity index (χ0v) is 14.8. The fourth-order valence-electron chi connectivity index (χ4n) is 2.33. The summed E-state index contributed by atoms with van der Waals surface area (Å²) in [7, 11) is 1.56. The number of Topliss-reactive ketones (excluding diaryl/α,β-unsaturated/α-hetero) is 1. The monoisotopic (exact) mass is 341 g/mol. The number of ether oxygens (including phenoxy) is 2. The minimum Gasteiger partial charge on any atom is -0.495 e. The van der Waals surface area contributed by atoms with Crippen molar-refractivity contribution < 1.29 is 19.1 Å². The van der Waals surface area contributed by atoms with E-state index in [-0.39, 0.29) is 18.3 Å². The SMILES string of the molecule is COc1ccc(C)cc1NC(=O)COc1ccc(CCC(C)=O)cc1. The lowest BCUT2D eigenvalue weighted by Gasteiger charge is -2.12. The molecule has 0 heterocycles. The number of carbonyl (C=O) groups excluding carboxylic acids is 2. The van der Waals surface area contributed by atoms with E-state index in [1.165, 1.54) is 0 Å². The van der Waals surface area contributed by atoms with Crippen molar-refractivity contribution in [1.29, 1.82) is 0 Å². The first kappa shape index (κ1) is 18.5. The van der Waals surface area contributed by atoms with Crippen LogP contribution in [0, 0.1) is 6.92 Å². The number of methoxy groups -OCH3 is 1. The highest BCUT2D eigenvalue weighted by Crippen LogP contribution is 2.25. The van der Waals surface area contributed by atoms with Crippen molar-refractivity contribution in [3.63, 3.8) is 0 Å². The molecule has 0 aliphatic rings. The molecule has 2 aromatic rings. The van der Waals surface area contributed by atoms with Crippen LogP contribution in [0.4, 0.5) is 5.69 Å². The molecule has 0 fully saturated rings. The van der Waals surface area contributed by atoms with Crippen molar-refractivity contribution in [2.75, 3.05) is 19.0 Å². The van der Waals surface area contributed by atoms with Crippen LogP contribution < -0.4 is 14.8 Å². The predicted molar refractivity (Wildman–Crippen MR) is 97.3 cm³/mol. The highest BCUT2D eigenvalue weighted by atomic mass is 16.5. The van der Waals surface area contributed by atoms with Gasteiger partial charge in [-0.2, -0.15) is 0 Å². The molecule has 0 aliphatic heterocycles. The third-order valence-electron chi connectivity index (χ3n) is 3.69. The highest BCUT2D eigenvalue weighted by molar-refractivity contribution is 5.93. The van der Waals surface area contributed by atoms with Crippen molar-refractivity contribution in [2.45, 2.75) is 26.7 Å². The van der Waals surface area contributed by atoms with Crippen molar-refractivity contribution in [3.05, 3.63) is 53.6 Å². The molecule has 0 aromatic heterocycles. The number of amides is 1. The van der Waals surface area contributed by atoms with Crippen LogP contribution in [0.25, 0.3) is 0 Å². The summed E-state index contributed by atoms with van der Waals surface area (Å²) in [6.45, 7) is 3.43. The van der Waals surface area contributed by atoms with Crippen LogP contribution in [0.2, 0.25) is 0 Å². The normalized spacial score (nSPS) is 10.2. The van der Waals surface area contributed by atoms with Gasteiger partial charge >= 0.3 is 0 Å². The van der Waals surface area contributed by atoms with Gasteiger partial charge in [0.05, 0.1) is 12.8 Å². The van der Waals surface area contributed by atoms with Crippen LogP contribution in [0.3, 0.4) is 0 Å². The molecule has 1 N–H and O–H groups in total. The first-order chi connectivity index (χ1) is 12.0. The molecule has 132 valence electrons. The van der Waals surface area contributed by atoms with Gasteiger partial charge in [0, 0.05) is 6.42 Å². The molecule has 1 amide bonds. The lowest BCUT2D eigenvalue weighted by atomic mass is 10.1. The molecule has 0 spiro atoms. The van der Waals surface area contributed by atoms with Gasteiger partial charge in [0.25, 0.3) is 5.91 Å². The Morgan fingerprint density at radius 2 is 1.80 bits per heavy atom.